The zero-order valence-electron chi connectivity index (χ0n) is 8.22. The van der Waals surface area contributed by atoms with E-state index in [2.05, 4.69) is 0 Å². The van der Waals surface area contributed by atoms with Crippen LogP contribution in [0.2, 0.25) is 5.02 Å². The Bertz CT molecular complexity index is 371. The van der Waals surface area contributed by atoms with Gasteiger partial charge in [-0.3, -0.25) is 4.79 Å². The molecule has 1 nitrogen and oxygen atoms in total. The van der Waals surface area contributed by atoms with E-state index in [4.69, 9.17) is 11.6 Å². The Morgan fingerprint density at radius 2 is 2.29 bits per heavy atom. The van der Waals surface area contributed by atoms with Crippen LogP contribution in [-0.4, -0.2) is 5.78 Å². The van der Waals surface area contributed by atoms with Crippen LogP contribution in [0.3, 0.4) is 0 Å². The Balaban J connectivity index is 2.46. The first-order chi connectivity index (χ1) is 6.68. The van der Waals surface area contributed by atoms with Gasteiger partial charge in [0.2, 0.25) is 0 Å². The Labute approximate surface area is 89.1 Å². The number of ketones is 1. The molecule has 1 aromatic carbocycles. The maximum absolute atomic E-state index is 11.4. The number of halogens is 1. The van der Waals surface area contributed by atoms with E-state index >= 15 is 0 Å². The Hall–Kier alpha value is -0.820. The van der Waals surface area contributed by atoms with Crippen molar-refractivity contribution >= 4 is 17.4 Å². The van der Waals surface area contributed by atoms with Crippen molar-refractivity contribution in [3.8, 4) is 0 Å². The smallest absolute Gasteiger partial charge is 0.137 e. The zero-order chi connectivity index (χ0) is 10.1. The fraction of sp³-hybridized carbons (Fsp3) is 0.417. The van der Waals surface area contributed by atoms with Crippen LogP contribution < -0.4 is 0 Å². The molecule has 2 rings (SSSR count). The largest absolute Gasteiger partial charge is 0.299 e. The number of carbonyl (C=O) groups excluding carboxylic acids is 1. The highest BCUT2D eigenvalue weighted by Gasteiger charge is 2.23. The van der Waals surface area contributed by atoms with E-state index in [0.717, 1.165) is 29.8 Å². The van der Waals surface area contributed by atoms with Gasteiger partial charge in [-0.15, -0.1) is 0 Å². The predicted molar refractivity (Wildman–Crippen MR) is 57.8 cm³/mol. The highest BCUT2D eigenvalue weighted by atomic mass is 35.5. The van der Waals surface area contributed by atoms with Crippen molar-refractivity contribution in [2.75, 3.05) is 0 Å². The van der Waals surface area contributed by atoms with Crippen LogP contribution in [0.4, 0.5) is 0 Å². The van der Waals surface area contributed by atoms with E-state index in [1.54, 1.807) is 6.92 Å². The van der Waals surface area contributed by atoms with Crippen molar-refractivity contribution in [2.45, 2.75) is 32.1 Å². The van der Waals surface area contributed by atoms with E-state index in [-0.39, 0.29) is 11.7 Å². The van der Waals surface area contributed by atoms with E-state index in [1.165, 1.54) is 5.56 Å². The number of aryl methyl sites for hydroxylation is 1. The third kappa shape index (κ3) is 1.69. The molecule has 0 fully saturated rings. The van der Waals surface area contributed by atoms with Gasteiger partial charge in [0.15, 0.2) is 0 Å². The minimum atomic E-state index is 0.0810. The second-order valence-electron chi connectivity index (χ2n) is 3.90. The molecular weight excluding hydrogens is 196 g/mol. The summed E-state index contributed by atoms with van der Waals surface area (Å²) in [5, 5.41) is 0.733. The van der Waals surface area contributed by atoms with Crippen LogP contribution in [0.5, 0.6) is 0 Å². The minimum absolute atomic E-state index is 0.0810. The summed E-state index contributed by atoms with van der Waals surface area (Å²) in [5.74, 6) is 0.339. The summed E-state index contributed by atoms with van der Waals surface area (Å²) in [6.07, 6.45) is 3.16. The molecule has 1 aromatic rings. The summed E-state index contributed by atoms with van der Waals surface area (Å²) in [6, 6.07) is 5.90. The Morgan fingerprint density at radius 3 is 3.00 bits per heavy atom. The summed E-state index contributed by atoms with van der Waals surface area (Å²) in [7, 11) is 0. The third-order valence-corrected chi connectivity index (χ3v) is 3.15. The molecule has 0 bridgehead atoms. The lowest BCUT2D eigenvalue weighted by Crippen LogP contribution is -2.15. The first-order valence-electron chi connectivity index (χ1n) is 4.97. The maximum atomic E-state index is 11.4. The predicted octanol–water partition coefficient (Wildman–Crippen LogP) is 3.35. The van der Waals surface area contributed by atoms with E-state index in [1.807, 2.05) is 18.2 Å². The maximum Gasteiger partial charge on any atom is 0.137 e. The molecule has 1 aliphatic rings. The van der Waals surface area contributed by atoms with Gasteiger partial charge in [-0.05, 0) is 49.4 Å². The van der Waals surface area contributed by atoms with Crippen LogP contribution in [0.15, 0.2) is 18.2 Å². The molecule has 0 amide bonds. The van der Waals surface area contributed by atoms with Gasteiger partial charge >= 0.3 is 0 Å². The van der Waals surface area contributed by atoms with Crippen LogP contribution in [0.25, 0.3) is 0 Å². The van der Waals surface area contributed by atoms with Gasteiger partial charge in [0, 0.05) is 10.9 Å². The van der Waals surface area contributed by atoms with Crippen molar-refractivity contribution in [1.82, 2.24) is 0 Å². The molecule has 0 aromatic heterocycles. The van der Waals surface area contributed by atoms with Crippen molar-refractivity contribution < 1.29 is 4.79 Å². The second kappa shape index (κ2) is 3.74. The molecular formula is C12H13ClO. The van der Waals surface area contributed by atoms with Crippen LogP contribution in [0, 0.1) is 0 Å². The highest BCUT2D eigenvalue weighted by Crippen LogP contribution is 2.33. The second-order valence-corrected chi connectivity index (χ2v) is 4.34. The molecule has 0 N–H and O–H groups in total. The molecule has 1 atom stereocenters. The highest BCUT2D eigenvalue weighted by molar-refractivity contribution is 6.30. The summed E-state index contributed by atoms with van der Waals surface area (Å²) < 4.78 is 0. The van der Waals surface area contributed by atoms with Crippen molar-refractivity contribution in [3.63, 3.8) is 0 Å². The van der Waals surface area contributed by atoms with E-state index in [0.29, 0.717) is 0 Å². The van der Waals surface area contributed by atoms with Gasteiger partial charge in [-0.25, -0.2) is 0 Å². The molecule has 1 unspecified atom stereocenters. The number of rotatable bonds is 1. The van der Waals surface area contributed by atoms with Gasteiger partial charge < -0.3 is 0 Å². The topological polar surface area (TPSA) is 17.1 Å². The molecule has 0 radical (unpaired) electrons. The number of hydrogen-bond donors (Lipinski definition) is 0. The average Bonchev–Trinajstić information content (AvgIpc) is 2.16. The number of Topliss-reactive ketones (excluding diaryl/α,β-unsaturated/α-hetero) is 1. The summed E-state index contributed by atoms with van der Waals surface area (Å²) in [6.45, 7) is 1.67. The third-order valence-electron chi connectivity index (χ3n) is 2.91. The monoisotopic (exact) mass is 208 g/mol. The normalized spacial score (nSPS) is 20.3. The lowest BCUT2D eigenvalue weighted by atomic mass is 9.81. The summed E-state index contributed by atoms with van der Waals surface area (Å²) in [5.41, 5.74) is 2.44. The van der Waals surface area contributed by atoms with Crippen molar-refractivity contribution in [2.24, 2.45) is 0 Å². The molecule has 14 heavy (non-hydrogen) atoms. The first-order valence-corrected chi connectivity index (χ1v) is 5.35. The number of fused-ring (bicyclic) bond motifs is 1. The minimum Gasteiger partial charge on any atom is -0.299 e. The van der Waals surface area contributed by atoms with Crippen LogP contribution in [0.1, 0.15) is 36.8 Å². The molecule has 0 spiro atoms. The summed E-state index contributed by atoms with van der Waals surface area (Å²) >= 11 is 5.94. The molecule has 1 aliphatic carbocycles. The van der Waals surface area contributed by atoms with E-state index in [9.17, 15) is 4.79 Å². The van der Waals surface area contributed by atoms with Crippen molar-refractivity contribution in [1.29, 1.82) is 0 Å². The molecule has 2 heteroatoms. The molecule has 0 saturated heterocycles. The van der Waals surface area contributed by atoms with Gasteiger partial charge in [0.25, 0.3) is 0 Å². The number of benzene rings is 1. The van der Waals surface area contributed by atoms with Crippen LogP contribution in [-0.2, 0) is 11.2 Å². The Morgan fingerprint density at radius 1 is 1.50 bits per heavy atom. The quantitative estimate of drug-likeness (QED) is 0.692. The van der Waals surface area contributed by atoms with Gasteiger partial charge in [0.1, 0.15) is 5.78 Å². The molecule has 0 aliphatic heterocycles. The standard InChI is InChI=1S/C12H13ClO/c1-8(14)11-4-2-3-9-5-6-10(13)7-12(9)11/h5-7,11H,2-4H2,1H3. The zero-order valence-corrected chi connectivity index (χ0v) is 8.97. The molecule has 0 saturated carbocycles. The summed E-state index contributed by atoms with van der Waals surface area (Å²) in [4.78, 5) is 11.4. The van der Waals surface area contributed by atoms with E-state index < -0.39 is 0 Å². The lowest BCUT2D eigenvalue weighted by Gasteiger charge is -2.23. The Kier molecular flexibility index (Phi) is 2.60. The van der Waals surface area contributed by atoms with Gasteiger partial charge in [0.05, 0.1) is 0 Å². The molecule has 0 heterocycles. The first kappa shape index (κ1) is 9.72. The van der Waals surface area contributed by atoms with Gasteiger partial charge in [-0.2, -0.15) is 0 Å². The number of carbonyl (C=O) groups is 1. The van der Waals surface area contributed by atoms with Crippen LogP contribution >= 0.6 is 11.6 Å². The fourth-order valence-electron chi connectivity index (χ4n) is 2.19. The SMILES string of the molecule is CC(=O)C1CCCc2ccc(Cl)cc21. The average molecular weight is 209 g/mol. The molecule has 74 valence electrons. The lowest BCUT2D eigenvalue weighted by molar-refractivity contribution is -0.118. The fourth-order valence-corrected chi connectivity index (χ4v) is 2.37. The number of hydrogen-bond acceptors (Lipinski definition) is 1. The van der Waals surface area contributed by atoms with Crippen molar-refractivity contribution in [3.05, 3.63) is 34.3 Å². The van der Waals surface area contributed by atoms with Gasteiger partial charge in [-0.1, -0.05) is 17.7 Å².